The van der Waals surface area contributed by atoms with Crippen LogP contribution >= 0.6 is 0 Å². The van der Waals surface area contributed by atoms with Gasteiger partial charge >= 0.3 is 0 Å². The van der Waals surface area contributed by atoms with Crippen molar-refractivity contribution in [3.05, 3.63) is 53.7 Å². The molecule has 0 aliphatic rings. The van der Waals surface area contributed by atoms with Crippen LogP contribution in [0.2, 0.25) is 0 Å². The molecular formula is C18H18N6O2. The van der Waals surface area contributed by atoms with Crippen molar-refractivity contribution in [2.24, 2.45) is 7.05 Å². The van der Waals surface area contributed by atoms with Crippen molar-refractivity contribution in [2.45, 2.75) is 13.5 Å². The van der Waals surface area contributed by atoms with Crippen LogP contribution in [0.3, 0.4) is 0 Å². The average Bonchev–Trinajstić information content (AvgIpc) is 3.31. The topological polar surface area (TPSA) is 92.8 Å². The number of nitrogens with one attached hydrogen (secondary N) is 1. The van der Waals surface area contributed by atoms with Gasteiger partial charge in [-0.25, -0.2) is 4.98 Å². The lowest BCUT2D eigenvalue weighted by Gasteiger charge is -2.13. The van der Waals surface area contributed by atoms with E-state index in [9.17, 15) is 4.79 Å². The van der Waals surface area contributed by atoms with Crippen LogP contribution in [0.25, 0.3) is 22.4 Å². The van der Waals surface area contributed by atoms with Gasteiger partial charge in [0.1, 0.15) is 5.82 Å². The van der Waals surface area contributed by atoms with Crippen LogP contribution in [0.15, 0.2) is 41.1 Å². The number of aryl methyl sites for hydroxylation is 2. The third-order valence-corrected chi connectivity index (χ3v) is 4.18. The van der Waals surface area contributed by atoms with Crippen molar-refractivity contribution < 1.29 is 9.32 Å². The van der Waals surface area contributed by atoms with Crippen LogP contribution in [-0.2, 0) is 13.6 Å². The van der Waals surface area contributed by atoms with E-state index in [1.165, 1.54) is 0 Å². The van der Waals surface area contributed by atoms with E-state index in [0.29, 0.717) is 18.1 Å². The summed E-state index contributed by atoms with van der Waals surface area (Å²) in [6.07, 6.45) is 1.84. The highest BCUT2D eigenvalue weighted by atomic mass is 16.5. The molecule has 1 N–H and O–H groups in total. The lowest BCUT2D eigenvalue weighted by molar-refractivity contribution is 0.0771. The van der Waals surface area contributed by atoms with Gasteiger partial charge in [0.2, 0.25) is 0 Å². The molecule has 0 spiro atoms. The fraction of sp³-hybridized carbons (Fsp3) is 0.222. The zero-order valence-electron chi connectivity index (χ0n) is 14.7. The first kappa shape index (κ1) is 16.1. The minimum atomic E-state index is -0.234. The number of aromatic amines is 1. The normalized spacial score (nSPS) is 11.2. The quantitative estimate of drug-likeness (QED) is 0.610. The lowest BCUT2D eigenvalue weighted by atomic mass is 10.2. The first-order valence-electron chi connectivity index (χ1n) is 8.17. The van der Waals surface area contributed by atoms with Crippen molar-refractivity contribution in [3.63, 3.8) is 0 Å². The van der Waals surface area contributed by atoms with Gasteiger partial charge in [-0.05, 0) is 19.1 Å². The number of amides is 1. The van der Waals surface area contributed by atoms with Crippen molar-refractivity contribution in [1.29, 1.82) is 0 Å². The molecule has 8 heteroatoms. The summed E-state index contributed by atoms with van der Waals surface area (Å²) in [7, 11) is 3.54. The molecular weight excluding hydrogens is 332 g/mol. The van der Waals surface area contributed by atoms with Gasteiger partial charge in [0.25, 0.3) is 5.91 Å². The minimum Gasteiger partial charge on any atom is -0.355 e. The van der Waals surface area contributed by atoms with Gasteiger partial charge in [-0.1, -0.05) is 17.3 Å². The number of benzene rings is 1. The molecule has 1 aromatic carbocycles. The molecule has 4 aromatic rings. The molecule has 3 heterocycles. The summed E-state index contributed by atoms with van der Waals surface area (Å²) in [5, 5.41) is 8.19. The Hall–Kier alpha value is -3.42. The van der Waals surface area contributed by atoms with E-state index in [4.69, 9.17) is 4.52 Å². The maximum atomic E-state index is 12.6. The van der Waals surface area contributed by atoms with Gasteiger partial charge in [-0.3, -0.25) is 9.48 Å². The average molecular weight is 350 g/mol. The Morgan fingerprint density at radius 2 is 2.15 bits per heavy atom. The Balaban J connectivity index is 1.52. The molecule has 0 atom stereocenters. The van der Waals surface area contributed by atoms with Crippen molar-refractivity contribution in [3.8, 4) is 11.3 Å². The lowest BCUT2D eigenvalue weighted by Crippen LogP contribution is -2.26. The van der Waals surface area contributed by atoms with Gasteiger partial charge in [0.05, 0.1) is 28.8 Å². The van der Waals surface area contributed by atoms with Gasteiger partial charge in [0, 0.05) is 26.4 Å². The zero-order valence-corrected chi connectivity index (χ0v) is 14.7. The third kappa shape index (κ3) is 2.85. The summed E-state index contributed by atoms with van der Waals surface area (Å²) in [6, 6.07) is 9.39. The number of para-hydroxylation sites is 2. The number of imidazole rings is 1. The van der Waals surface area contributed by atoms with Gasteiger partial charge in [0.15, 0.2) is 11.5 Å². The highest BCUT2D eigenvalue weighted by molar-refractivity contribution is 5.93. The Morgan fingerprint density at radius 3 is 2.88 bits per heavy atom. The molecule has 0 bridgehead atoms. The van der Waals surface area contributed by atoms with Gasteiger partial charge in [-0.15, -0.1) is 0 Å². The van der Waals surface area contributed by atoms with E-state index < -0.39 is 0 Å². The smallest absolute Gasteiger partial charge is 0.276 e. The van der Waals surface area contributed by atoms with Crippen LogP contribution < -0.4 is 0 Å². The zero-order chi connectivity index (χ0) is 18.3. The number of aromatic nitrogens is 5. The highest BCUT2D eigenvalue weighted by Crippen LogP contribution is 2.23. The molecule has 0 aliphatic heterocycles. The molecule has 0 unspecified atom stereocenters. The minimum absolute atomic E-state index is 0.234. The number of H-pyrrole nitrogens is 1. The van der Waals surface area contributed by atoms with E-state index >= 15 is 0 Å². The molecule has 0 radical (unpaired) electrons. The summed E-state index contributed by atoms with van der Waals surface area (Å²) >= 11 is 0. The maximum Gasteiger partial charge on any atom is 0.276 e. The Labute approximate surface area is 149 Å². The summed E-state index contributed by atoms with van der Waals surface area (Å²) in [4.78, 5) is 21.9. The third-order valence-electron chi connectivity index (χ3n) is 4.18. The molecule has 132 valence electrons. The Bertz CT molecular complexity index is 1060. The number of nitrogens with zero attached hydrogens (tertiary/aromatic N) is 5. The SMILES string of the molecule is Cc1nn(C)cc1-c1cc(C(=O)N(C)Cc2nc3ccccc3[nH]2)no1. The predicted molar refractivity (Wildman–Crippen MR) is 95.3 cm³/mol. The number of carbonyl (C=O) groups is 1. The fourth-order valence-electron chi connectivity index (χ4n) is 2.92. The number of carbonyl (C=O) groups excluding carboxylic acids is 1. The van der Waals surface area contributed by atoms with Gasteiger partial charge in [-0.2, -0.15) is 5.10 Å². The Morgan fingerprint density at radius 1 is 1.35 bits per heavy atom. The molecule has 3 aromatic heterocycles. The standard InChI is InChI=1S/C18H18N6O2/c1-11-12(9-24(3)21-11)16-8-15(22-26-16)18(25)23(2)10-17-19-13-6-4-5-7-14(13)20-17/h4-9H,10H2,1-3H3,(H,19,20). The first-order chi connectivity index (χ1) is 12.5. The summed E-state index contributed by atoms with van der Waals surface area (Å²) in [6.45, 7) is 2.23. The monoisotopic (exact) mass is 350 g/mol. The van der Waals surface area contributed by atoms with Crippen LogP contribution in [0.5, 0.6) is 0 Å². The van der Waals surface area contributed by atoms with Crippen molar-refractivity contribution in [1.82, 2.24) is 29.8 Å². The van der Waals surface area contributed by atoms with Crippen molar-refractivity contribution >= 4 is 16.9 Å². The second-order valence-corrected chi connectivity index (χ2v) is 6.24. The largest absolute Gasteiger partial charge is 0.355 e. The number of hydrogen-bond donors (Lipinski definition) is 1. The van der Waals surface area contributed by atoms with Crippen LogP contribution in [0, 0.1) is 6.92 Å². The van der Waals surface area contributed by atoms with E-state index in [-0.39, 0.29) is 11.6 Å². The second kappa shape index (κ2) is 6.14. The molecule has 0 saturated heterocycles. The summed E-state index contributed by atoms with van der Waals surface area (Å²) < 4.78 is 7.04. The molecule has 0 fully saturated rings. The van der Waals surface area contributed by atoms with E-state index in [1.807, 2.05) is 44.4 Å². The molecule has 0 aliphatic carbocycles. The number of fused-ring (bicyclic) bond motifs is 1. The molecule has 26 heavy (non-hydrogen) atoms. The molecule has 0 saturated carbocycles. The number of hydrogen-bond acceptors (Lipinski definition) is 5. The van der Waals surface area contributed by atoms with Crippen LogP contribution in [0.1, 0.15) is 22.0 Å². The van der Waals surface area contributed by atoms with Gasteiger partial charge < -0.3 is 14.4 Å². The summed E-state index contributed by atoms with van der Waals surface area (Å²) in [5.74, 6) is 1.01. The van der Waals surface area contributed by atoms with E-state index in [1.54, 1.807) is 22.7 Å². The number of rotatable bonds is 4. The first-order valence-corrected chi connectivity index (χ1v) is 8.17. The maximum absolute atomic E-state index is 12.6. The van der Waals surface area contributed by atoms with Crippen LogP contribution in [0.4, 0.5) is 0 Å². The predicted octanol–water partition coefficient (Wildman–Crippen LogP) is 2.53. The van der Waals surface area contributed by atoms with Crippen LogP contribution in [-0.4, -0.2) is 42.8 Å². The Kier molecular flexibility index (Phi) is 3.80. The second-order valence-electron chi connectivity index (χ2n) is 6.24. The molecule has 1 amide bonds. The van der Waals surface area contributed by atoms with E-state index in [2.05, 4.69) is 20.2 Å². The summed E-state index contributed by atoms with van der Waals surface area (Å²) in [5.41, 5.74) is 3.71. The fourth-order valence-corrected chi connectivity index (χ4v) is 2.92. The molecule has 8 nitrogen and oxygen atoms in total. The van der Waals surface area contributed by atoms with Crippen molar-refractivity contribution in [2.75, 3.05) is 7.05 Å². The van der Waals surface area contributed by atoms with E-state index in [0.717, 1.165) is 22.3 Å². The highest BCUT2D eigenvalue weighted by Gasteiger charge is 2.20. The molecule has 4 rings (SSSR count).